The van der Waals surface area contributed by atoms with E-state index in [1.807, 2.05) is 0 Å². The van der Waals surface area contributed by atoms with Crippen LogP contribution in [0.2, 0.25) is 0 Å². The van der Waals surface area contributed by atoms with E-state index in [1.165, 1.54) is 0 Å². The molecule has 4 nitrogen and oxygen atoms in total. The van der Waals surface area contributed by atoms with Crippen molar-refractivity contribution < 1.29 is 8.42 Å². The monoisotopic (exact) mass is 248 g/mol. The van der Waals surface area contributed by atoms with Gasteiger partial charge >= 0.3 is 0 Å². The Morgan fingerprint density at radius 2 is 1.88 bits per heavy atom. The lowest BCUT2D eigenvalue weighted by Gasteiger charge is -2.31. The van der Waals surface area contributed by atoms with Crippen molar-refractivity contribution in [1.82, 2.24) is 9.62 Å². The molecule has 0 aliphatic carbocycles. The lowest BCUT2D eigenvalue weighted by atomic mass is 10.1. The van der Waals surface area contributed by atoms with Crippen LogP contribution in [-0.4, -0.2) is 43.2 Å². The van der Waals surface area contributed by atoms with Crippen molar-refractivity contribution in [1.29, 1.82) is 0 Å². The first kappa shape index (κ1) is 13.9. The maximum absolute atomic E-state index is 11.7. The van der Waals surface area contributed by atoms with Gasteiger partial charge in [-0.2, -0.15) is 0 Å². The molecule has 1 atom stereocenters. The number of rotatable bonds is 3. The molecule has 0 saturated carbocycles. The highest BCUT2D eigenvalue weighted by molar-refractivity contribution is 7.90. The van der Waals surface area contributed by atoms with Crippen molar-refractivity contribution in [2.24, 2.45) is 0 Å². The molecule has 16 heavy (non-hydrogen) atoms. The molecule has 1 rings (SSSR count). The Hall–Kier alpha value is -0.130. The zero-order valence-electron chi connectivity index (χ0n) is 10.9. The van der Waals surface area contributed by atoms with Crippen LogP contribution >= 0.6 is 0 Å². The van der Waals surface area contributed by atoms with Crippen LogP contribution in [0.1, 0.15) is 41.0 Å². The average Bonchev–Trinajstić information content (AvgIpc) is 2.50. The van der Waals surface area contributed by atoms with Gasteiger partial charge in [0.1, 0.15) is 0 Å². The highest BCUT2D eigenvalue weighted by Crippen LogP contribution is 2.21. The standard InChI is InChI=1S/C11H24N2O2S/c1-9(2)16(14,15)12-10-6-7-13(8-10)11(3,4)5/h9-10,12H,6-8H2,1-5H3/t10-/m1/s1. The molecule has 1 saturated heterocycles. The van der Waals surface area contributed by atoms with E-state index in [0.717, 1.165) is 19.5 Å². The fourth-order valence-electron chi connectivity index (χ4n) is 1.83. The summed E-state index contributed by atoms with van der Waals surface area (Å²) in [5, 5.41) is -0.351. The zero-order chi connectivity index (χ0) is 12.6. The Bertz CT molecular complexity index is 330. The van der Waals surface area contributed by atoms with Crippen LogP contribution in [-0.2, 0) is 10.0 Å². The molecule has 1 aliphatic heterocycles. The minimum absolute atomic E-state index is 0.0756. The summed E-state index contributed by atoms with van der Waals surface area (Å²) < 4.78 is 26.2. The summed E-state index contributed by atoms with van der Waals surface area (Å²) in [5.41, 5.74) is 0.123. The van der Waals surface area contributed by atoms with E-state index in [4.69, 9.17) is 0 Å². The molecule has 96 valence electrons. The van der Waals surface area contributed by atoms with E-state index in [1.54, 1.807) is 13.8 Å². The van der Waals surface area contributed by atoms with Gasteiger partial charge in [-0.1, -0.05) is 0 Å². The topological polar surface area (TPSA) is 49.4 Å². The summed E-state index contributed by atoms with van der Waals surface area (Å²) in [5.74, 6) is 0. The van der Waals surface area contributed by atoms with Crippen LogP contribution in [0.4, 0.5) is 0 Å². The number of hydrogen-bond acceptors (Lipinski definition) is 3. The van der Waals surface area contributed by atoms with Crippen LogP contribution in [0.15, 0.2) is 0 Å². The summed E-state index contributed by atoms with van der Waals surface area (Å²) in [6.45, 7) is 11.7. The predicted octanol–water partition coefficient (Wildman–Crippen LogP) is 1.19. The summed E-state index contributed by atoms with van der Waals surface area (Å²) in [6, 6.07) is 0.0756. The SMILES string of the molecule is CC(C)S(=O)(=O)N[C@@H]1CCN(C(C)(C)C)C1. The number of hydrogen-bond donors (Lipinski definition) is 1. The number of sulfonamides is 1. The Balaban J connectivity index is 2.56. The summed E-state index contributed by atoms with van der Waals surface area (Å²) in [7, 11) is -3.13. The van der Waals surface area contributed by atoms with E-state index in [0.29, 0.717) is 0 Å². The summed E-state index contributed by atoms with van der Waals surface area (Å²) in [6.07, 6.45) is 0.906. The Kier molecular flexibility index (Phi) is 4.03. The maximum atomic E-state index is 11.7. The van der Waals surface area contributed by atoms with E-state index < -0.39 is 10.0 Å². The van der Waals surface area contributed by atoms with E-state index >= 15 is 0 Å². The third kappa shape index (κ3) is 3.43. The van der Waals surface area contributed by atoms with Gasteiger partial charge in [0.25, 0.3) is 0 Å². The van der Waals surface area contributed by atoms with Crippen molar-refractivity contribution in [3.8, 4) is 0 Å². The first-order valence-electron chi connectivity index (χ1n) is 5.89. The molecule has 0 spiro atoms. The van der Waals surface area contributed by atoms with Gasteiger partial charge in [0.2, 0.25) is 10.0 Å². The van der Waals surface area contributed by atoms with Crippen LogP contribution in [0, 0.1) is 0 Å². The molecule has 0 unspecified atom stereocenters. The third-order valence-electron chi connectivity index (χ3n) is 3.09. The van der Waals surface area contributed by atoms with Gasteiger partial charge < -0.3 is 0 Å². The van der Waals surface area contributed by atoms with Crippen LogP contribution in [0.3, 0.4) is 0 Å². The second kappa shape index (κ2) is 4.63. The van der Waals surface area contributed by atoms with Gasteiger partial charge in [0.05, 0.1) is 5.25 Å². The second-order valence-corrected chi connectivity index (χ2v) is 8.08. The van der Waals surface area contributed by atoms with Crippen molar-refractivity contribution in [3.63, 3.8) is 0 Å². The largest absolute Gasteiger partial charge is 0.297 e. The molecule has 0 amide bonds. The van der Waals surface area contributed by atoms with Gasteiger partial charge in [0, 0.05) is 24.7 Å². The van der Waals surface area contributed by atoms with E-state index in [-0.39, 0.29) is 16.8 Å². The fourth-order valence-corrected chi connectivity index (χ4v) is 2.76. The molecule has 1 N–H and O–H groups in total. The quantitative estimate of drug-likeness (QED) is 0.816. The van der Waals surface area contributed by atoms with Gasteiger partial charge in [-0.3, -0.25) is 4.90 Å². The predicted molar refractivity (Wildman–Crippen MR) is 66.9 cm³/mol. The van der Waals surface area contributed by atoms with Crippen LogP contribution in [0.5, 0.6) is 0 Å². The molecule has 0 aromatic rings. The van der Waals surface area contributed by atoms with Gasteiger partial charge in [-0.25, -0.2) is 13.1 Å². The minimum atomic E-state index is -3.13. The molecule has 1 aliphatic rings. The molecule has 0 radical (unpaired) electrons. The molecule has 0 bridgehead atoms. The summed E-state index contributed by atoms with van der Waals surface area (Å²) >= 11 is 0. The second-order valence-electron chi connectivity index (χ2n) is 5.81. The van der Waals surface area contributed by atoms with E-state index in [2.05, 4.69) is 30.4 Å². The highest BCUT2D eigenvalue weighted by atomic mass is 32.2. The van der Waals surface area contributed by atoms with Crippen molar-refractivity contribution in [2.75, 3.05) is 13.1 Å². The molecular weight excluding hydrogens is 224 g/mol. The normalized spacial score (nSPS) is 24.2. The van der Waals surface area contributed by atoms with Crippen molar-refractivity contribution in [2.45, 2.75) is 57.9 Å². The van der Waals surface area contributed by atoms with Crippen LogP contribution < -0.4 is 4.72 Å². The number of nitrogens with zero attached hydrogens (tertiary/aromatic N) is 1. The number of nitrogens with one attached hydrogen (secondary N) is 1. The lowest BCUT2D eigenvalue weighted by Crippen LogP contribution is -2.44. The highest BCUT2D eigenvalue weighted by Gasteiger charge is 2.32. The first-order valence-corrected chi connectivity index (χ1v) is 7.44. The van der Waals surface area contributed by atoms with Gasteiger partial charge in [-0.15, -0.1) is 0 Å². The Labute approximate surface area is 99.5 Å². The maximum Gasteiger partial charge on any atom is 0.214 e. The van der Waals surface area contributed by atoms with Crippen LogP contribution in [0.25, 0.3) is 0 Å². The first-order chi connectivity index (χ1) is 7.13. The molecule has 0 aromatic carbocycles. The molecule has 1 heterocycles. The molecule has 5 heteroatoms. The smallest absolute Gasteiger partial charge is 0.214 e. The van der Waals surface area contributed by atoms with Crippen molar-refractivity contribution >= 4 is 10.0 Å². The molecule has 1 fully saturated rings. The van der Waals surface area contributed by atoms with E-state index in [9.17, 15) is 8.42 Å². The minimum Gasteiger partial charge on any atom is -0.297 e. The fraction of sp³-hybridized carbons (Fsp3) is 1.00. The average molecular weight is 248 g/mol. The number of likely N-dealkylation sites (tertiary alicyclic amines) is 1. The lowest BCUT2D eigenvalue weighted by molar-refractivity contribution is 0.172. The van der Waals surface area contributed by atoms with Gasteiger partial charge in [-0.05, 0) is 41.0 Å². The van der Waals surface area contributed by atoms with Crippen molar-refractivity contribution in [3.05, 3.63) is 0 Å². The molecular formula is C11H24N2O2S. The third-order valence-corrected chi connectivity index (χ3v) is 4.99. The Morgan fingerprint density at radius 3 is 2.25 bits per heavy atom. The zero-order valence-corrected chi connectivity index (χ0v) is 11.8. The Morgan fingerprint density at radius 1 is 1.31 bits per heavy atom. The van der Waals surface area contributed by atoms with Gasteiger partial charge in [0.15, 0.2) is 0 Å². The molecule has 0 aromatic heterocycles. The summed E-state index contributed by atoms with van der Waals surface area (Å²) in [4.78, 5) is 2.32.